The number of nitrogens with one attached hydrogen (secondary N) is 1. The van der Waals surface area contributed by atoms with E-state index in [1.807, 2.05) is 19.1 Å². The fourth-order valence-electron chi connectivity index (χ4n) is 2.60. The summed E-state index contributed by atoms with van der Waals surface area (Å²) in [5.74, 6) is 0.240. The molecular formula is C16H21N5O2S. The highest BCUT2D eigenvalue weighted by atomic mass is 32.2. The Bertz CT molecular complexity index is 712. The minimum atomic E-state index is -0.0361. The third-order valence-electron chi connectivity index (χ3n) is 4.13. The number of hydrogen-bond donors (Lipinski definition) is 1. The first-order valence-electron chi connectivity index (χ1n) is 8.01. The highest BCUT2D eigenvalue weighted by Crippen LogP contribution is 2.22. The molecule has 0 saturated carbocycles. The molecule has 3 rings (SSSR count). The van der Waals surface area contributed by atoms with Crippen LogP contribution in [0.1, 0.15) is 24.0 Å². The lowest BCUT2D eigenvalue weighted by molar-refractivity contribution is -0.119. The lowest BCUT2D eigenvalue weighted by Gasteiger charge is -2.11. The number of aromatic nitrogens is 4. The van der Waals surface area contributed by atoms with Crippen LogP contribution in [0.2, 0.25) is 0 Å². The molecule has 1 N–H and O–H groups in total. The van der Waals surface area contributed by atoms with Crippen LogP contribution in [0.25, 0.3) is 5.69 Å². The van der Waals surface area contributed by atoms with Gasteiger partial charge in [-0.25, -0.2) is 0 Å². The Morgan fingerprint density at radius 2 is 2.33 bits per heavy atom. The number of amides is 1. The molecule has 1 aliphatic rings. The second-order valence-corrected chi connectivity index (χ2v) is 6.76. The van der Waals surface area contributed by atoms with Crippen molar-refractivity contribution >= 4 is 17.7 Å². The first-order chi connectivity index (χ1) is 11.6. The van der Waals surface area contributed by atoms with Crippen LogP contribution in [-0.2, 0) is 9.53 Å². The van der Waals surface area contributed by atoms with Crippen molar-refractivity contribution in [2.75, 3.05) is 18.9 Å². The van der Waals surface area contributed by atoms with E-state index >= 15 is 0 Å². The second-order valence-electron chi connectivity index (χ2n) is 5.82. The lowest BCUT2D eigenvalue weighted by atomic mass is 10.1. The molecule has 1 amide bonds. The van der Waals surface area contributed by atoms with E-state index in [1.165, 1.54) is 17.3 Å². The first-order valence-corrected chi connectivity index (χ1v) is 9.00. The number of benzene rings is 1. The Kier molecular flexibility index (Phi) is 5.47. The van der Waals surface area contributed by atoms with Gasteiger partial charge < -0.3 is 10.1 Å². The molecule has 1 atom stereocenters. The van der Waals surface area contributed by atoms with Gasteiger partial charge in [-0.1, -0.05) is 23.9 Å². The maximum atomic E-state index is 12.0. The number of rotatable bonds is 6. The molecule has 2 aromatic rings. The molecule has 1 aromatic heterocycles. The van der Waals surface area contributed by atoms with Crippen LogP contribution in [0.15, 0.2) is 23.4 Å². The molecule has 1 saturated heterocycles. The monoisotopic (exact) mass is 347 g/mol. The van der Waals surface area contributed by atoms with Crippen molar-refractivity contribution in [1.29, 1.82) is 0 Å². The summed E-state index contributed by atoms with van der Waals surface area (Å²) in [6, 6.07) is 6.00. The average Bonchev–Trinajstić information content (AvgIpc) is 3.25. The number of thioether (sulfide) groups is 1. The third kappa shape index (κ3) is 3.93. The fourth-order valence-corrected chi connectivity index (χ4v) is 3.31. The molecular weight excluding hydrogens is 326 g/mol. The number of carbonyl (C=O) groups excluding carboxylic acids is 1. The molecule has 0 bridgehead atoms. The van der Waals surface area contributed by atoms with Gasteiger partial charge in [0.05, 0.1) is 17.5 Å². The van der Waals surface area contributed by atoms with E-state index in [4.69, 9.17) is 4.74 Å². The van der Waals surface area contributed by atoms with Crippen LogP contribution in [0, 0.1) is 13.8 Å². The van der Waals surface area contributed by atoms with Crippen molar-refractivity contribution in [2.24, 2.45) is 0 Å². The summed E-state index contributed by atoms with van der Waals surface area (Å²) >= 11 is 1.33. The largest absolute Gasteiger partial charge is 0.376 e. The van der Waals surface area contributed by atoms with E-state index in [2.05, 4.69) is 33.8 Å². The number of hydrogen-bond acceptors (Lipinski definition) is 6. The number of ether oxygens (including phenoxy) is 1. The number of aryl methyl sites for hydroxylation is 1. The molecule has 0 spiro atoms. The summed E-state index contributed by atoms with van der Waals surface area (Å²) in [5, 5.41) is 15.3. The lowest BCUT2D eigenvalue weighted by Crippen LogP contribution is -2.32. The predicted octanol–water partition coefficient (Wildman–Crippen LogP) is 1.67. The molecule has 2 heterocycles. The van der Waals surface area contributed by atoms with Crippen LogP contribution in [0.5, 0.6) is 0 Å². The van der Waals surface area contributed by atoms with Gasteiger partial charge in [-0.15, -0.1) is 5.10 Å². The molecule has 1 fully saturated rings. The zero-order valence-corrected chi connectivity index (χ0v) is 14.7. The van der Waals surface area contributed by atoms with Crippen molar-refractivity contribution in [2.45, 2.75) is 37.9 Å². The quantitative estimate of drug-likeness (QED) is 0.801. The summed E-state index contributed by atoms with van der Waals surface area (Å²) in [5.41, 5.74) is 3.23. The van der Waals surface area contributed by atoms with E-state index in [1.54, 1.807) is 4.68 Å². The van der Waals surface area contributed by atoms with Gasteiger partial charge in [0.15, 0.2) is 0 Å². The van der Waals surface area contributed by atoms with Gasteiger partial charge in [0.25, 0.3) is 0 Å². The first kappa shape index (κ1) is 16.9. The van der Waals surface area contributed by atoms with E-state index < -0.39 is 0 Å². The van der Waals surface area contributed by atoms with Crippen molar-refractivity contribution in [3.05, 3.63) is 29.3 Å². The van der Waals surface area contributed by atoms with Crippen LogP contribution in [-0.4, -0.2) is 51.1 Å². The molecule has 0 unspecified atom stereocenters. The average molecular weight is 347 g/mol. The number of nitrogens with zero attached hydrogens (tertiary/aromatic N) is 4. The van der Waals surface area contributed by atoms with E-state index in [-0.39, 0.29) is 17.8 Å². The summed E-state index contributed by atoms with van der Waals surface area (Å²) in [6.45, 7) is 5.45. The maximum Gasteiger partial charge on any atom is 0.230 e. The van der Waals surface area contributed by atoms with Gasteiger partial charge in [-0.05, 0) is 54.3 Å². The van der Waals surface area contributed by atoms with Crippen molar-refractivity contribution in [3.8, 4) is 5.69 Å². The van der Waals surface area contributed by atoms with Crippen LogP contribution >= 0.6 is 11.8 Å². The molecule has 0 aliphatic carbocycles. The van der Waals surface area contributed by atoms with Gasteiger partial charge in [0.1, 0.15) is 0 Å². The Labute approximate surface area is 145 Å². The third-order valence-corrected chi connectivity index (χ3v) is 5.05. The standard InChI is InChI=1S/C16H21N5O2S/c1-11-5-3-7-14(12(11)2)21-16(18-19-20-21)24-10-15(22)17-9-13-6-4-8-23-13/h3,5,7,13H,4,6,8-10H2,1-2H3,(H,17,22)/t13-/m1/s1. The van der Waals surface area contributed by atoms with Crippen LogP contribution < -0.4 is 5.32 Å². The smallest absolute Gasteiger partial charge is 0.230 e. The normalized spacial score (nSPS) is 17.2. The zero-order chi connectivity index (χ0) is 16.9. The molecule has 24 heavy (non-hydrogen) atoms. The van der Waals surface area contributed by atoms with E-state index in [0.29, 0.717) is 11.7 Å². The van der Waals surface area contributed by atoms with Crippen molar-refractivity contribution in [3.63, 3.8) is 0 Å². The van der Waals surface area contributed by atoms with Gasteiger partial charge in [-0.2, -0.15) is 4.68 Å². The fraction of sp³-hybridized carbons (Fsp3) is 0.500. The van der Waals surface area contributed by atoms with Gasteiger partial charge in [-0.3, -0.25) is 4.79 Å². The highest BCUT2D eigenvalue weighted by molar-refractivity contribution is 7.99. The van der Waals surface area contributed by atoms with E-state index in [0.717, 1.165) is 30.7 Å². The Balaban J connectivity index is 1.59. The molecule has 0 radical (unpaired) electrons. The van der Waals surface area contributed by atoms with Gasteiger partial charge in [0, 0.05) is 13.2 Å². The Morgan fingerprint density at radius 1 is 1.46 bits per heavy atom. The zero-order valence-electron chi connectivity index (χ0n) is 13.9. The minimum Gasteiger partial charge on any atom is -0.376 e. The Hall–Kier alpha value is -1.93. The highest BCUT2D eigenvalue weighted by Gasteiger charge is 2.17. The summed E-state index contributed by atoms with van der Waals surface area (Å²) in [6.07, 6.45) is 2.23. The second kappa shape index (κ2) is 7.76. The number of carbonyl (C=O) groups is 1. The number of tetrazole rings is 1. The predicted molar refractivity (Wildman–Crippen MR) is 91.3 cm³/mol. The molecule has 7 nitrogen and oxygen atoms in total. The molecule has 128 valence electrons. The molecule has 1 aromatic carbocycles. The topological polar surface area (TPSA) is 81.9 Å². The van der Waals surface area contributed by atoms with Crippen LogP contribution in [0.4, 0.5) is 0 Å². The van der Waals surface area contributed by atoms with Gasteiger partial charge >= 0.3 is 0 Å². The molecule has 1 aliphatic heterocycles. The van der Waals surface area contributed by atoms with Crippen LogP contribution in [0.3, 0.4) is 0 Å². The maximum absolute atomic E-state index is 12.0. The molecule has 8 heteroatoms. The van der Waals surface area contributed by atoms with Gasteiger partial charge in [0.2, 0.25) is 11.1 Å². The van der Waals surface area contributed by atoms with Crippen molar-refractivity contribution in [1.82, 2.24) is 25.5 Å². The summed E-state index contributed by atoms with van der Waals surface area (Å²) < 4.78 is 7.18. The SMILES string of the molecule is Cc1cccc(-n2nnnc2SCC(=O)NC[C@H]2CCCO2)c1C. The van der Waals surface area contributed by atoms with E-state index in [9.17, 15) is 4.79 Å². The Morgan fingerprint density at radius 3 is 3.12 bits per heavy atom. The summed E-state index contributed by atoms with van der Waals surface area (Å²) in [7, 11) is 0. The van der Waals surface area contributed by atoms with Crippen molar-refractivity contribution < 1.29 is 9.53 Å². The summed E-state index contributed by atoms with van der Waals surface area (Å²) in [4.78, 5) is 12.0. The minimum absolute atomic E-state index is 0.0361.